The monoisotopic (exact) mass is 354 g/mol. The number of β-lactam (4-membered cyclic amide) rings is 1. The summed E-state index contributed by atoms with van der Waals surface area (Å²) in [5.41, 5.74) is 0.665. The molecule has 1 aliphatic heterocycles. The third-order valence-electron chi connectivity index (χ3n) is 3.47. The van der Waals surface area contributed by atoms with E-state index < -0.39 is 0 Å². The highest BCUT2D eigenvalue weighted by Crippen LogP contribution is 2.38. The molecule has 0 radical (unpaired) electrons. The van der Waals surface area contributed by atoms with Crippen LogP contribution < -0.4 is 4.90 Å². The average Bonchev–Trinajstić information content (AvgIpc) is 2.81. The average molecular weight is 356 g/mol. The molecule has 0 N–H and O–H groups in total. The Labute approximate surface area is 141 Å². The number of rotatable bonds is 2. The zero-order chi connectivity index (χ0) is 16.0. The Balaban J connectivity index is 2.24. The van der Waals surface area contributed by atoms with Crippen LogP contribution >= 0.6 is 34.8 Å². The predicted octanol–water partition coefficient (Wildman–Crippen LogP) is 3.83. The first kappa shape index (κ1) is 15.2. The van der Waals surface area contributed by atoms with Crippen molar-refractivity contribution in [1.29, 1.82) is 5.26 Å². The SMILES string of the molecule is CC1CC(=O)N1c1c(C#N)cnn1-c1c(Cl)cc(Cl)cc1Cl. The lowest BCUT2D eigenvalue weighted by Crippen LogP contribution is -2.52. The quantitative estimate of drug-likeness (QED) is 0.769. The molecule has 0 bridgehead atoms. The summed E-state index contributed by atoms with van der Waals surface area (Å²) in [7, 11) is 0. The first-order chi connectivity index (χ1) is 10.4. The summed E-state index contributed by atoms with van der Waals surface area (Å²) < 4.78 is 1.41. The fourth-order valence-corrected chi connectivity index (χ4v) is 3.43. The number of carbonyl (C=O) groups excluding carboxylic acids is 1. The van der Waals surface area contributed by atoms with Gasteiger partial charge >= 0.3 is 0 Å². The number of hydrogen-bond donors (Lipinski definition) is 0. The smallest absolute Gasteiger partial charge is 0.230 e. The van der Waals surface area contributed by atoms with E-state index in [4.69, 9.17) is 34.8 Å². The van der Waals surface area contributed by atoms with Crippen LogP contribution in [0.5, 0.6) is 0 Å². The Morgan fingerprint density at radius 3 is 2.45 bits per heavy atom. The molecule has 0 saturated carbocycles. The van der Waals surface area contributed by atoms with E-state index in [9.17, 15) is 10.1 Å². The van der Waals surface area contributed by atoms with Gasteiger partial charge in [-0.05, 0) is 19.1 Å². The zero-order valence-corrected chi connectivity index (χ0v) is 13.6. The van der Waals surface area contributed by atoms with E-state index >= 15 is 0 Å². The molecule has 3 rings (SSSR count). The van der Waals surface area contributed by atoms with Crippen molar-refractivity contribution >= 4 is 46.5 Å². The van der Waals surface area contributed by atoms with Gasteiger partial charge in [0.2, 0.25) is 5.91 Å². The Morgan fingerprint density at radius 1 is 1.32 bits per heavy atom. The number of hydrogen-bond acceptors (Lipinski definition) is 3. The lowest BCUT2D eigenvalue weighted by Gasteiger charge is -2.38. The molecular formula is C14H9Cl3N4O. The molecule has 1 fully saturated rings. The van der Waals surface area contributed by atoms with Crippen molar-refractivity contribution in [2.75, 3.05) is 4.90 Å². The third kappa shape index (κ3) is 2.24. The molecule has 1 aliphatic rings. The molecule has 1 saturated heterocycles. The molecule has 22 heavy (non-hydrogen) atoms. The molecule has 112 valence electrons. The minimum Gasteiger partial charge on any atom is -0.292 e. The van der Waals surface area contributed by atoms with Crippen molar-refractivity contribution < 1.29 is 4.79 Å². The number of halogens is 3. The molecule has 1 aromatic heterocycles. The number of benzene rings is 1. The van der Waals surface area contributed by atoms with Crippen molar-refractivity contribution in [1.82, 2.24) is 9.78 Å². The van der Waals surface area contributed by atoms with E-state index in [1.807, 2.05) is 13.0 Å². The standard InChI is InChI=1S/C14H9Cl3N4O/c1-7-2-12(22)20(7)14-8(5-18)6-19-21(14)13-10(16)3-9(15)4-11(13)17/h3-4,6-7H,2H2,1H3. The van der Waals surface area contributed by atoms with Crippen LogP contribution in [0, 0.1) is 11.3 Å². The van der Waals surface area contributed by atoms with Crippen molar-refractivity contribution in [3.8, 4) is 11.8 Å². The van der Waals surface area contributed by atoms with E-state index in [0.29, 0.717) is 22.9 Å². The second kappa shape index (κ2) is 5.47. The number of nitrogens with zero attached hydrogens (tertiary/aromatic N) is 4. The van der Waals surface area contributed by atoms with Crippen LogP contribution in [-0.4, -0.2) is 21.7 Å². The second-order valence-electron chi connectivity index (χ2n) is 4.94. The summed E-state index contributed by atoms with van der Waals surface area (Å²) in [6.45, 7) is 1.89. The van der Waals surface area contributed by atoms with Crippen molar-refractivity contribution in [2.24, 2.45) is 0 Å². The van der Waals surface area contributed by atoms with Gasteiger partial charge in [-0.3, -0.25) is 9.69 Å². The van der Waals surface area contributed by atoms with E-state index in [2.05, 4.69) is 5.10 Å². The van der Waals surface area contributed by atoms with Crippen molar-refractivity contribution in [3.63, 3.8) is 0 Å². The van der Waals surface area contributed by atoms with Gasteiger partial charge in [-0.25, -0.2) is 4.68 Å². The van der Waals surface area contributed by atoms with Gasteiger partial charge in [0.15, 0.2) is 5.82 Å². The summed E-state index contributed by atoms with van der Waals surface area (Å²) >= 11 is 18.3. The van der Waals surface area contributed by atoms with Crippen LogP contribution in [-0.2, 0) is 4.79 Å². The predicted molar refractivity (Wildman–Crippen MR) is 84.9 cm³/mol. The number of amides is 1. The zero-order valence-electron chi connectivity index (χ0n) is 11.3. The van der Waals surface area contributed by atoms with E-state index in [0.717, 1.165) is 0 Å². The fourth-order valence-electron chi connectivity index (χ4n) is 2.46. The van der Waals surface area contributed by atoms with Gasteiger partial charge in [0.1, 0.15) is 17.3 Å². The lowest BCUT2D eigenvalue weighted by atomic mass is 10.0. The Bertz CT molecular complexity index is 801. The Hall–Kier alpha value is -1.74. The maximum Gasteiger partial charge on any atom is 0.230 e. The summed E-state index contributed by atoms with van der Waals surface area (Å²) in [6.07, 6.45) is 1.81. The Morgan fingerprint density at radius 2 is 1.95 bits per heavy atom. The molecule has 5 nitrogen and oxygen atoms in total. The number of anilines is 1. The van der Waals surface area contributed by atoms with Crippen LogP contribution in [0.1, 0.15) is 18.9 Å². The van der Waals surface area contributed by atoms with Crippen LogP contribution in [0.4, 0.5) is 5.82 Å². The van der Waals surface area contributed by atoms with Crippen LogP contribution in [0.3, 0.4) is 0 Å². The lowest BCUT2D eigenvalue weighted by molar-refractivity contribution is -0.123. The number of carbonyl (C=O) groups is 1. The minimum atomic E-state index is -0.0769. The number of aromatic nitrogens is 2. The van der Waals surface area contributed by atoms with E-state index in [1.165, 1.54) is 27.9 Å². The molecule has 1 atom stereocenters. The van der Waals surface area contributed by atoms with Crippen LogP contribution in [0.15, 0.2) is 18.3 Å². The molecule has 2 aromatic rings. The van der Waals surface area contributed by atoms with Crippen molar-refractivity contribution in [2.45, 2.75) is 19.4 Å². The van der Waals surface area contributed by atoms with Gasteiger partial charge in [-0.15, -0.1) is 0 Å². The third-order valence-corrected chi connectivity index (χ3v) is 4.26. The molecule has 1 aromatic carbocycles. The van der Waals surface area contributed by atoms with E-state index in [-0.39, 0.29) is 27.6 Å². The minimum absolute atomic E-state index is 0.0140. The molecule has 8 heteroatoms. The first-order valence-electron chi connectivity index (χ1n) is 6.39. The van der Waals surface area contributed by atoms with Crippen molar-refractivity contribution in [3.05, 3.63) is 39.0 Å². The van der Waals surface area contributed by atoms with Gasteiger partial charge in [-0.1, -0.05) is 34.8 Å². The molecule has 1 unspecified atom stereocenters. The van der Waals surface area contributed by atoms with Crippen LogP contribution in [0.2, 0.25) is 15.1 Å². The largest absolute Gasteiger partial charge is 0.292 e. The normalized spacial score (nSPS) is 17.3. The molecule has 0 spiro atoms. The van der Waals surface area contributed by atoms with Crippen LogP contribution in [0.25, 0.3) is 5.69 Å². The highest BCUT2D eigenvalue weighted by Gasteiger charge is 2.38. The van der Waals surface area contributed by atoms with Gasteiger partial charge in [0.05, 0.1) is 16.2 Å². The van der Waals surface area contributed by atoms with Gasteiger partial charge in [0.25, 0.3) is 0 Å². The topological polar surface area (TPSA) is 61.9 Å². The van der Waals surface area contributed by atoms with Gasteiger partial charge < -0.3 is 0 Å². The molecule has 1 amide bonds. The number of nitriles is 1. The molecular weight excluding hydrogens is 347 g/mol. The Kier molecular flexibility index (Phi) is 3.77. The van der Waals surface area contributed by atoms with Gasteiger partial charge in [0, 0.05) is 17.5 Å². The molecule has 0 aliphatic carbocycles. The fraction of sp³-hybridized carbons (Fsp3) is 0.214. The molecule has 2 heterocycles. The second-order valence-corrected chi connectivity index (χ2v) is 6.19. The summed E-state index contributed by atoms with van der Waals surface area (Å²) in [5.74, 6) is 0.296. The first-order valence-corrected chi connectivity index (χ1v) is 7.52. The van der Waals surface area contributed by atoms with Gasteiger partial charge in [-0.2, -0.15) is 10.4 Å². The summed E-state index contributed by atoms with van der Waals surface area (Å²) in [5, 5.41) is 14.4. The van der Waals surface area contributed by atoms with E-state index in [1.54, 1.807) is 0 Å². The summed E-state index contributed by atoms with van der Waals surface area (Å²) in [4.78, 5) is 13.4. The highest BCUT2D eigenvalue weighted by molar-refractivity contribution is 6.40. The highest BCUT2D eigenvalue weighted by atomic mass is 35.5. The summed E-state index contributed by atoms with van der Waals surface area (Å²) in [6, 6.07) is 5.08. The maximum atomic E-state index is 11.9. The maximum absolute atomic E-state index is 11.9.